The van der Waals surface area contributed by atoms with Crippen LogP contribution in [-0.4, -0.2) is 24.3 Å². The largest absolute Gasteiger partial charge is 0.459 e. The fourth-order valence-corrected chi connectivity index (χ4v) is 4.24. The van der Waals surface area contributed by atoms with Crippen LogP contribution in [0, 0.1) is 0 Å². The Morgan fingerprint density at radius 1 is 0.833 bits per heavy atom. The van der Waals surface area contributed by atoms with E-state index in [2.05, 4.69) is 30.3 Å². The Labute approximate surface area is 178 Å². The lowest BCUT2D eigenvalue weighted by molar-refractivity contribution is -0.253. The van der Waals surface area contributed by atoms with Crippen LogP contribution >= 0.6 is 0 Å². The van der Waals surface area contributed by atoms with Gasteiger partial charge in [0.1, 0.15) is 6.10 Å². The normalized spacial score (nSPS) is 26.3. The summed E-state index contributed by atoms with van der Waals surface area (Å²) in [4.78, 5) is 11.6. The molecule has 2 aromatic carbocycles. The number of ether oxygens (including phenoxy) is 3. The van der Waals surface area contributed by atoms with Gasteiger partial charge in [-0.25, -0.2) is 4.79 Å². The van der Waals surface area contributed by atoms with Crippen LogP contribution in [0.15, 0.2) is 72.8 Å². The van der Waals surface area contributed by atoms with Crippen LogP contribution in [0.25, 0.3) is 0 Å². The zero-order chi connectivity index (χ0) is 20.6. The molecule has 0 aromatic heterocycles. The monoisotopic (exact) mass is 406 g/mol. The number of unbranched alkanes of at least 4 members (excludes halogenated alkanes) is 1. The molecule has 158 valence electrons. The summed E-state index contributed by atoms with van der Waals surface area (Å²) in [7, 11) is 0. The maximum atomic E-state index is 11.6. The maximum absolute atomic E-state index is 11.6. The van der Waals surface area contributed by atoms with Crippen LogP contribution in [-0.2, 0) is 25.4 Å². The van der Waals surface area contributed by atoms with Gasteiger partial charge < -0.3 is 14.2 Å². The van der Waals surface area contributed by atoms with E-state index in [-0.39, 0.29) is 30.6 Å². The van der Waals surface area contributed by atoms with Crippen LogP contribution < -0.4 is 0 Å². The number of rotatable bonds is 8. The van der Waals surface area contributed by atoms with E-state index in [1.807, 2.05) is 36.4 Å². The minimum atomic E-state index is -0.362. The van der Waals surface area contributed by atoms with Crippen molar-refractivity contribution in [3.63, 3.8) is 0 Å². The van der Waals surface area contributed by atoms with Gasteiger partial charge in [0, 0.05) is 30.9 Å². The Hall–Kier alpha value is -2.43. The maximum Gasteiger partial charge on any atom is 0.330 e. The quantitative estimate of drug-likeness (QED) is 0.427. The van der Waals surface area contributed by atoms with Gasteiger partial charge in [-0.2, -0.15) is 0 Å². The van der Waals surface area contributed by atoms with Crippen molar-refractivity contribution in [2.75, 3.05) is 0 Å². The fraction of sp³-hybridized carbons (Fsp3) is 0.423. The van der Waals surface area contributed by atoms with Crippen molar-refractivity contribution in [3.8, 4) is 0 Å². The van der Waals surface area contributed by atoms with Crippen molar-refractivity contribution in [2.45, 2.75) is 69.5 Å². The molecule has 0 aliphatic carbocycles. The smallest absolute Gasteiger partial charge is 0.330 e. The highest BCUT2D eigenvalue weighted by Crippen LogP contribution is 2.34. The van der Waals surface area contributed by atoms with Crippen LogP contribution in [0.2, 0.25) is 0 Å². The Bertz CT molecular complexity index is 817. The van der Waals surface area contributed by atoms with Gasteiger partial charge >= 0.3 is 5.97 Å². The minimum Gasteiger partial charge on any atom is -0.459 e. The SMILES string of the molecule is O=C1C=CC[C@@H](C[C@H]2C[C@@H](CCCCc3ccccc3)O[C@@H](c3ccccc3)O2)O1. The molecular formula is C26H30O4. The lowest BCUT2D eigenvalue weighted by atomic mass is 9.97. The average molecular weight is 407 g/mol. The fourth-order valence-electron chi connectivity index (χ4n) is 4.24. The molecular weight excluding hydrogens is 376 g/mol. The van der Waals surface area contributed by atoms with Crippen molar-refractivity contribution in [1.82, 2.24) is 0 Å². The zero-order valence-electron chi connectivity index (χ0n) is 17.3. The lowest BCUT2D eigenvalue weighted by Gasteiger charge is -2.37. The van der Waals surface area contributed by atoms with Crippen LogP contribution in [0.5, 0.6) is 0 Å². The molecule has 2 aliphatic rings. The Balaban J connectivity index is 1.34. The molecule has 30 heavy (non-hydrogen) atoms. The van der Waals surface area contributed by atoms with Crippen LogP contribution in [0.4, 0.5) is 0 Å². The third-order valence-electron chi connectivity index (χ3n) is 5.78. The molecule has 4 atom stereocenters. The van der Waals surface area contributed by atoms with E-state index < -0.39 is 0 Å². The molecule has 0 unspecified atom stereocenters. The Kier molecular flexibility index (Phi) is 7.33. The average Bonchev–Trinajstić information content (AvgIpc) is 2.78. The topological polar surface area (TPSA) is 44.8 Å². The van der Waals surface area contributed by atoms with E-state index >= 15 is 0 Å². The number of hydrogen-bond acceptors (Lipinski definition) is 4. The minimum absolute atomic E-state index is 0.0207. The Morgan fingerprint density at radius 3 is 2.33 bits per heavy atom. The van der Waals surface area contributed by atoms with Gasteiger partial charge in [-0.15, -0.1) is 0 Å². The first-order chi connectivity index (χ1) is 14.8. The van der Waals surface area contributed by atoms with Crippen molar-refractivity contribution < 1.29 is 19.0 Å². The molecule has 0 bridgehead atoms. The number of benzene rings is 2. The highest BCUT2D eigenvalue weighted by molar-refractivity contribution is 5.82. The molecule has 0 saturated carbocycles. The van der Waals surface area contributed by atoms with E-state index in [4.69, 9.17) is 14.2 Å². The highest BCUT2D eigenvalue weighted by atomic mass is 16.7. The number of esters is 1. The highest BCUT2D eigenvalue weighted by Gasteiger charge is 2.33. The molecule has 2 heterocycles. The molecule has 2 aromatic rings. The first-order valence-electron chi connectivity index (χ1n) is 11.0. The van der Waals surface area contributed by atoms with Crippen molar-refractivity contribution >= 4 is 5.97 Å². The summed E-state index contributed by atoms with van der Waals surface area (Å²) in [6.45, 7) is 0. The predicted molar refractivity (Wildman–Crippen MR) is 116 cm³/mol. The van der Waals surface area contributed by atoms with E-state index in [0.29, 0.717) is 6.42 Å². The van der Waals surface area contributed by atoms with Gasteiger partial charge in [-0.3, -0.25) is 0 Å². The summed E-state index contributed by atoms with van der Waals surface area (Å²) in [5.41, 5.74) is 2.43. The summed E-state index contributed by atoms with van der Waals surface area (Å²) in [6, 6.07) is 20.7. The number of hydrogen-bond donors (Lipinski definition) is 0. The second kappa shape index (κ2) is 10.6. The molecule has 4 rings (SSSR count). The standard InChI is InChI=1S/C26H30O4/c27-25-17-9-16-22(28-25)18-24-19-23(15-8-7-12-20-10-3-1-4-11-20)29-26(30-24)21-13-5-2-6-14-21/h1-6,9-11,13-14,17,22-24,26H,7-8,12,15-16,18-19H2/t22-,23+,24-,26+/m0/s1. The van der Waals surface area contributed by atoms with E-state index in [1.54, 1.807) is 0 Å². The Morgan fingerprint density at radius 2 is 1.57 bits per heavy atom. The van der Waals surface area contributed by atoms with Gasteiger partial charge in [0.05, 0.1) is 12.2 Å². The molecule has 1 fully saturated rings. The van der Waals surface area contributed by atoms with Gasteiger partial charge in [-0.1, -0.05) is 73.2 Å². The molecule has 0 N–H and O–H groups in total. The van der Waals surface area contributed by atoms with Gasteiger partial charge in [0.15, 0.2) is 6.29 Å². The third kappa shape index (κ3) is 6.04. The molecule has 0 amide bonds. The second-order valence-electron chi connectivity index (χ2n) is 8.16. The number of carbonyl (C=O) groups is 1. The van der Waals surface area contributed by atoms with Gasteiger partial charge in [0.25, 0.3) is 0 Å². The summed E-state index contributed by atoms with van der Waals surface area (Å²) in [6.07, 6.45) is 9.78. The summed E-state index contributed by atoms with van der Waals surface area (Å²) in [5.74, 6) is -0.254. The van der Waals surface area contributed by atoms with E-state index in [9.17, 15) is 4.79 Å². The number of carbonyl (C=O) groups excluding carboxylic acids is 1. The predicted octanol–water partition coefficient (Wildman–Crippen LogP) is 5.53. The van der Waals surface area contributed by atoms with Gasteiger partial charge in [0.2, 0.25) is 0 Å². The summed E-state index contributed by atoms with van der Waals surface area (Å²) < 4.78 is 18.1. The number of cyclic esters (lactones) is 1. The molecule has 4 nitrogen and oxygen atoms in total. The lowest BCUT2D eigenvalue weighted by Crippen LogP contribution is -2.37. The summed E-state index contributed by atoms with van der Waals surface area (Å²) >= 11 is 0. The first kappa shape index (κ1) is 20.8. The van der Waals surface area contributed by atoms with Crippen molar-refractivity contribution in [2.24, 2.45) is 0 Å². The molecule has 2 aliphatic heterocycles. The molecule has 0 spiro atoms. The van der Waals surface area contributed by atoms with Gasteiger partial charge in [-0.05, 0) is 24.8 Å². The van der Waals surface area contributed by atoms with E-state index in [1.165, 1.54) is 11.6 Å². The van der Waals surface area contributed by atoms with E-state index in [0.717, 1.165) is 44.1 Å². The summed E-state index contributed by atoms with van der Waals surface area (Å²) in [5, 5.41) is 0. The second-order valence-corrected chi connectivity index (χ2v) is 8.16. The third-order valence-corrected chi connectivity index (χ3v) is 5.78. The van der Waals surface area contributed by atoms with Crippen molar-refractivity contribution in [1.29, 1.82) is 0 Å². The molecule has 1 saturated heterocycles. The zero-order valence-corrected chi connectivity index (χ0v) is 17.3. The number of aryl methyl sites for hydroxylation is 1. The van der Waals surface area contributed by atoms with Crippen LogP contribution in [0.3, 0.4) is 0 Å². The molecule has 0 radical (unpaired) electrons. The van der Waals surface area contributed by atoms with Crippen LogP contribution in [0.1, 0.15) is 55.9 Å². The molecule has 4 heteroatoms. The first-order valence-corrected chi connectivity index (χ1v) is 11.0. The van der Waals surface area contributed by atoms with Crippen molar-refractivity contribution in [3.05, 3.63) is 83.9 Å².